The fraction of sp³-hybridized carbons (Fsp3) is 0.0769. The zero-order chi connectivity index (χ0) is 21.2. The van der Waals surface area contributed by atoms with E-state index in [2.05, 4.69) is 11.4 Å². The molecule has 1 N–H and O–H groups in total. The Morgan fingerprint density at radius 3 is 2.35 bits per heavy atom. The SMILES string of the molecule is O=C(Nc1ccc(C(=O)N2CCc3ccccc32)cc1)c1cccc(-n2cccc2)c1. The maximum Gasteiger partial charge on any atom is 0.258 e. The minimum atomic E-state index is -0.193. The van der Waals surface area contributed by atoms with Crippen molar-refractivity contribution in [2.24, 2.45) is 0 Å². The van der Waals surface area contributed by atoms with Crippen LogP contribution in [0.1, 0.15) is 26.3 Å². The molecule has 2 heterocycles. The van der Waals surface area contributed by atoms with Crippen LogP contribution < -0.4 is 10.2 Å². The molecule has 0 bridgehead atoms. The summed E-state index contributed by atoms with van der Waals surface area (Å²) in [5.41, 5.74) is 4.91. The molecule has 1 aliphatic rings. The van der Waals surface area contributed by atoms with Crippen molar-refractivity contribution in [2.75, 3.05) is 16.8 Å². The summed E-state index contributed by atoms with van der Waals surface area (Å²) in [6.07, 6.45) is 4.75. The zero-order valence-corrected chi connectivity index (χ0v) is 16.9. The topological polar surface area (TPSA) is 54.3 Å². The Labute approximate surface area is 180 Å². The number of hydrogen-bond acceptors (Lipinski definition) is 2. The van der Waals surface area contributed by atoms with E-state index < -0.39 is 0 Å². The fourth-order valence-corrected chi connectivity index (χ4v) is 3.92. The van der Waals surface area contributed by atoms with E-state index in [9.17, 15) is 9.59 Å². The van der Waals surface area contributed by atoms with Crippen LogP contribution in [0.4, 0.5) is 11.4 Å². The van der Waals surface area contributed by atoms with Gasteiger partial charge >= 0.3 is 0 Å². The number of hydrogen-bond donors (Lipinski definition) is 1. The Morgan fingerprint density at radius 1 is 0.774 bits per heavy atom. The number of fused-ring (bicyclic) bond motifs is 1. The van der Waals surface area contributed by atoms with E-state index >= 15 is 0 Å². The molecule has 4 aromatic rings. The van der Waals surface area contributed by atoms with Crippen LogP contribution >= 0.6 is 0 Å². The summed E-state index contributed by atoms with van der Waals surface area (Å²) in [6.45, 7) is 0.689. The highest BCUT2D eigenvalue weighted by atomic mass is 16.2. The number of amides is 2. The van der Waals surface area contributed by atoms with Crippen LogP contribution in [0.3, 0.4) is 0 Å². The van der Waals surface area contributed by atoms with Gasteiger partial charge in [0.2, 0.25) is 0 Å². The van der Waals surface area contributed by atoms with E-state index in [1.807, 2.05) is 70.4 Å². The van der Waals surface area contributed by atoms with Crippen molar-refractivity contribution in [3.8, 4) is 5.69 Å². The van der Waals surface area contributed by atoms with Gasteiger partial charge in [-0.3, -0.25) is 9.59 Å². The van der Waals surface area contributed by atoms with Crippen molar-refractivity contribution in [3.63, 3.8) is 0 Å². The number of benzene rings is 3. The first kappa shape index (κ1) is 18.9. The molecule has 5 heteroatoms. The summed E-state index contributed by atoms with van der Waals surface area (Å²) in [7, 11) is 0. The molecule has 3 aromatic carbocycles. The molecule has 0 unspecified atom stereocenters. The molecule has 5 nitrogen and oxygen atoms in total. The van der Waals surface area contributed by atoms with Crippen LogP contribution in [-0.2, 0) is 6.42 Å². The summed E-state index contributed by atoms with van der Waals surface area (Å²) < 4.78 is 1.95. The van der Waals surface area contributed by atoms with Gasteiger partial charge in [-0.2, -0.15) is 0 Å². The number of rotatable bonds is 4. The van der Waals surface area contributed by atoms with Crippen LogP contribution in [0.25, 0.3) is 5.69 Å². The molecule has 5 rings (SSSR count). The lowest BCUT2D eigenvalue weighted by atomic mass is 10.1. The predicted molar refractivity (Wildman–Crippen MR) is 122 cm³/mol. The van der Waals surface area contributed by atoms with E-state index in [4.69, 9.17) is 0 Å². The van der Waals surface area contributed by atoms with E-state index in [1.54, 1.807) is 30.3 Å². The largest absolute Gasteiger partial charge is 0.324 e. The van der Waals surface area contributed by atoms with Gasteiger partial charge in [0.05, 0.1) is 0 Å². The van der Waals surface area contributed by atoms with E-state index in [0.29, 0.717) is 23.4 Å². The molecule has 0 saturated heterocycles. The third-order valence-corrected chi connectivity index (χ3v) is 5.53. The quantitative estimate of drug-likeness (QED) is 0.521. The van der Waals surface area contributed by atoms with Gasteiger partial charge in [0.1, 0.15) is 0 Å². The van der Waals surface area contributed by atoms with E-state index in [1.165, 1.54) is 5.56 Å². The molecule has 0 spiro atoms. The van der Waals surface area contributed by atoms with Crippen molar-refractivity contribution in [2.45, 2.75) is 6.42 Å². The van der Waals surface area contributed by atoms with E-state index in [-0.39, 0.29) is 11.8 Å². The highest BCUT2D eigenvalue weighted by molar-refractivity contribution is 6.08. The summed E-state index contributed by atoms with van der Waals surface area (Å²) >= 11 is 0. The van der Waals surface area contributed by atoms with Crippen molar-refractivity contribution in [3.05, 3.63) is 114 Å². The number of para-hydroxylation sites is 1. The van der Waals surface area contributed by atoms with Crippen LogP contribution in [0.5, 0.6) is 0 Å². The standard InChI is InChI=1S/C26H21N3O2/c30-25(21-7-5-8-23(18-21)28-15-3-4-16-28)27-22-12-10-20(11-13-22)26(31)29-17-14-19-6-1-2-9-24(19)29/h1-13,15-16,18H,14,17H2,(H,27,30). The second-order valence-corrected chi connectivity index (χ2v) is 7.51. The number of carbonyl (C=O) groups is 2. The summed E-state index contributed by atoms with van der Waals surface area (Å²) in [5, 5.41) is 2.91. The van der Waals surface area contributed by atoms with Crippen molar-refractivity contribution in [1.29, 1.82) is 0 Å². The maximum atomic E-state index is 13.0. The molecule has 0 saturated carbocycles. The second kappa shape index (κ2) is 7.95. The van der Waals surface area contributed by atoms with Crippen molar-refractivity contribution in [1.82, 2.24) is 4.57 Å². The highest BCUT2D eigenvalue weighted by Gasteiger charge is 2.25. The maximum absolute atomic E-state index is 13.0. The first-order chi connectivity index (χ1) is 15.2. The number of anilines is 2. The lowest BCUT2D eigenvalue weighted by Crippen LogP contribution is -2.28. The molecule has 0 fully saturated rings. The fourth-order valence-electron chi connectivity index (χ4n) is 3.92. The van der Waals surface area contributed by atoms with E-state index in [0.717, 1.165) is 17.8 Å². The van der Waals surface area contributed by atoms with Crippen molar-refractivity contribution >= 4 is 23.2 Å². The minimum Gasteiger partial charge on any atom is -0.324 e. The highest BCUT2D eigenvalue weighted by Crippen LogP contribution is 2.29. The Bertz CT molecular complexity index is 1240. The molecular formula is C26H21N3O2. The molecule has 2 amide bonds. The van der Waals surface area contributed by atoms with Gasteiger partial charge in [0.25, 0.3) is 11.8 Å². The lowest BCUT2D eigenvalue weighted by molar-refractivity contribution is 0.0988. The number of aromatic nitrogens is 1. The average molecular weight is 407 g/mol. The number of nitrogens with zero attached hydrogens (tertiary/aromatic N) is 2. The monoisotopic (exact) mass is 407 g/mol. The second-order valence-electron chi connectivity index (χ2n) is 7.51. The Morgan fingerprint density at radius 2 is 1.55 bits per heavy atom. The lowest BCUT2D eigenvalue weighted by Gasteiger charge is -2.17. The summed E-state index contributed by atoms with van der Waals surface area (Å²) in [4.78, 5) is 27.5. The first-order valence-electron chi connectivity index (χ1n) is 10.2. The third-order valence-electron chi connectivity index (χ3n) is 5.53. The third kappa shape index (κ3) is 3.73. The summed E-state index contributed by atoms with van der Waals surface area (Å²) in [6, 6.07) is 26.4. The Balaban J connectivity index is 1.29. The predicted octanol–water partition coefficient (Wildman–Crippen LogP) is 4.93. The van der Waals surface area contributed by atoms with Crippen LogP contribution in [0.2, 0.25) is 0 Å². The van der Waals surface area contributed by atoms with Gasteiger partial charge in [-0.25, -0.2) is 0 Å². The smallest absolute Gasteiger partial charge is 0.258 e. The number of carbonyl (C=O) groups excluding carboxylic acids is 2. The molecule has 1 aliphatic heterocycles. The average Bonchev–Trinajstić information content (AvgIpc) is 3.50. The van der Waals surface area contributed by atoms with Gasteiger partial charge in [0.15, 0.2) is 0 Å². The zero-order valence-electron chi connectivity index (χ0n) is 16.9. The normalized spacial score (nSPS) is 12.5. The first-order valence-corrected chi connectivity index (χ1v) is 10.2. The van der Waals surface area contributed by atoms with Gasteiger partial charge in [-0.15, -0.1) is 0 Å². The van der Waals surface area contributed by atoms with Crippen molar-refractivity contribution < 1.29 is 9.59 Å². The molecule has 152 valence electrons. The molecular weight excluding hydrogens is 386 g/mol. The molecule has 0 radical (unpaired) electrons. The van der Waals surface area contributed by atoms with Crippen LogP contribution in [0, 0.1) is 0 Å². The van der Waals surface area contributed by atoms with Gasteiger partial charge in [0, 0.05) is 47.1 Å². The van der Waals surface area contributed by atoms with Gasteiger partial charge in [-0.05, 0) is 72.6 Å². The number of nitrogens with one attached hydrogen (secondary N) is 1. The van der Waals surface area contributed by atoms with Crippen LogP contribution in [0.15, 0.2) is 97.3 Å². The Hall–Kier alpha value is -4.12. The van der Waals surface area contributed by atoms with Gasteiger partial charge < -0.3 is 14.8 Å². The molecule has 0 atom stereocenters. The van der Waals surface area contributed by atoms with Crippen LogP contribution in [-0.4, -0.2) is 22.9 Å². The Kier molecular flexibility index (Phi) is 4.84. The molecule has 1 aromatic heterocycles. The van der Waals surface area contributed by atoms with Gasteiger partial charge in [-0.1, -0.05) is 24.3 Å². The molecule has 0 aliphatic carbocycles. The minimum absolute atomic E-state index is 0.0257. The molecule has 31 heavy (non-hydrogen) atoms. The summed E-state index contributed by atoms with van der Waals surface area (Å²) in [5.74, 6) is -0.219.